The molecule has 22 heavy (non-hydrogen) atoms. The Hall–Kier alpha value is -2.89. The normalized spacial score (nSPS) is 9.91. The lowest BCUT2D eigenvalue weighted by molar-refractivity contribution is -0.123. The molecule has 5 nitrogen and oxygen atoms in total. The molecule has 0 atom stereocenters. The Bertz CT molecular complexity index is 689. The van der Waals surface area contributed by atoms with Crippen LogP contribution in [0.15, 0.2) is 48.5 Å². The van der Waals surface area contributed by atoms with Gasteiger partial charge in [0, 0.05) is 0 Å². The minimum atomic E-state index is -0.734. The monoisotopic (exact) mass is 302 g/mol. The first kappa shape index (κ1) is 15.5. The Balaban J connectivity index is 1.81. The molecule has 114 valence electrons. The van der Waals surface area contributed by atoms with Gasteiger partial charge < -0.3 is 4.74 Å². The van der Waals surface area contributed by atoms with E-state index in [0.29, 0.717) is 5.75 Å². The average Bonchev–Trinajstić information content (AvgIpc) is 2.51. The fraction of sp³-hybridized carbons (Fsp3) is 0.125. The van der Waals surface area contributed by atoms with Crippen LogP contribution in [0.4, 0.5) is 4.39 Å². The number of carbonyl (C=O) groups is 2. The number of hydrogen-bond donors (Lipinski definition) is 2. The van der Waals surface area contributed by atoms with Crippen molar-refractivity contribution in [2.75, 3.05) is 6.61 Å². The smallest absolute Gasteiger partial charge is 0.276 e. The number of amides is 2. The highest BCUT2D eigenvalue weighted by Crippen LogP contribution is 2.11. The molecule has 0 saturated carbocycles. The Morgan fingerprint density at radius 2 is 1.86 bits per heavy atom. The zero-order chi connectivity index (χ0) is 15.9. The third kappa shape index (κ3) is 4.31. The molecule has 2 rings (SSSR count). The highest BCUT2D eigenvalue weighted by molar-refractivity contribution is 5.95. The van der Waals surface area contributed by atoms with Crippen molar-refractivity contribution in [3.63, 3.8) is 0 Å². The van der Waals surface area contributed by atoms with Gasteiger partial charge in [0.1, 0.15) is 11.6 Å². The van der Waals surface area contributed by atoms with Crippen molar-refractivity contribution < 1.29 is 18.7 Å². The highest BCUT2D eigenvalue weighted by Gasteiger charge is 2.11. The van der Waals surface area contributed by atoms with E-state index in [0.717, 1.165) is 11.6 Å². The van der Waals surface area contributed by atoms with Gasteiger partial charge in [-0.1, -0.05) is 24.3 Å². The van der Waals surface area contributed by atoms with Gasteiger partial charge in [-0.05, 0) is 36.8 Å². The molecular weight excluding hydrogens is 287 g/mol. The second-order valence-electron chi connectivity index (χ2n) is 4.59. The predicted octanol–water partition coefficient (Wildman–Crippen LogP) is 1.97. The number of ether oxygens (including phenoxy) is 1. The van der Waals surface area contributed by atoms with E-state index >= 15 is 0 Å². The van der Waals surface area contributed by atoms with Gasteiger partial charge in [0.15, 0.2) is 6.61 Å². The lowest BCUT2D eigenvalue weighted by Crippen LogP contribution is -2.44. The predicted molar refractivity (Wildman–Crippen MR) is 78.7 cm³/mol. The Kier molecular flexibility index (Phi) is 5.08. The van der Waals surface area contributed by atoms with Crippen LogP contribution in [0.1, 0.15) is 15.9 Å². The van der Waals surface area contributed by atoms with E-state index in [4.69, 9.17) is 4.74 Å². The molecule has 6 heteroatoms. The van der Waals surface area contributed by atoms with E-state index in [9.17, 15) is 14.0 Å². The Morgan fingerprint density at radius 3 is 2.59 bits per heavy atom. The third-order valence-electron chi connectivity index (χ3n) is 2.79. The number of nitrogens with one attached hydrogen (secondary N) is 2. The zero-order valence-corrected chi connectivity index (χ0v) is 11.9. The minimum absolute atomic E-state index is 0.151. The molecule has 0 bridgehead atoms. The second-order valence-corrected chi connectivity index (χ2v) is 4.59. The standard InChI is InChI=1S/C16H15FN2O3/c1-11-5-4-6-12(9-11)22-10-15(20)18-19-16(21)13-7-2-3-8-14(13)17/h2-9H,10H2,1H3,(H,18,20)(H,19,21). The third-order valence-corrected chi connectivity index (χ3v) is 2.79. The van der Waals surface area contributed by atoms with E-state index in [2.05, 4.69) is 10.9 Å². The topological polar surface area (TPSA) is 67.4 Å². The molecule has 0 aliphatic carbocycles. The van der Waals surface area contributed by atoms with Gasteiger partial charge in [-0.3, -0.25) is 20.4 Å². The summed E-state index contributed by atoms with van der Waals surface area (Å²) >= 11 is 0. The van der Waals surface area contributed by atoms with Gasteiger partial charge in [0.25, 0.3) is 11.8 Å². The van der Waals surface area contributed by atoms with E-state index in [1.165, 1.54) is 18.2 Å². The minimum Gasteiger partial charge on any atom is -0.484 e. The van der Waals surface area contributed by atoms with Gasteiger partial charge in [-0.25, -0.2) is 4.39 Å². The van der Waals surface area contributed by atoms with Crippen molar-refractivity contribution in [2.45, 2.75) is 6.92 Å². The molecule has 2 N–H and O–H groups in total. The van der Waals surface area contributed by atoms with Gasteiger partial charge in [-0.15, -0.1) is 0 Å². The summed E-state index contributed by atoms with van der Waals surface area (Å²) in [5.41, 5.74) is 5.15. The van der Waals surface area contributed by atoms with E-state index in [-0.39, 0.29) is 12.2 Å². The molecule has 2 aromatic carbocycles. The molecule has 0 aliphatic heterocycles. The molecule has 0 saturated heterocycles. The SMILES string of the molecule is Cc1cccc(OCC(=O)NNC(=O)c2ccccc2F)c1. The van der Waals surface area contributed by atoms with E-state index in [1.807, 2.05) is 19.1 Å². The summed E-state index contributed by atoms with van der Waals surface area (Å²) in [7, 11) is 0. The van der Waals surface area contributed by atoms with Crippen molar-refractivity contribution in [2.24, 2.45) is 0 Å². The Labute approximate surface area is 127 Å². The number of benzene rings is 2. The fourth-order valence-electron chi connectivity index (χ4n) is 1.73. The first-order valence-electron chi connectivity index (χ1n) is 6.59. The van der Waals surface area contributed by atoms with E-state index < -0.39 is 17.6 Å². The summed E-state index contributed by atoms with van der Waals surface area (Å²) in [6.07, 6.45) is 0. The first-order chi connectivity index (χ1) is 10.6. The van der Waals surface area contributed by atoms with Crippen LogP contribution in [0.3, 0.4) is 0 Å². The highest BCUT2D eigenvalue weighted by atomic mass is 19.1. The van der Waals surface area contributed by atoms with Crippen molar-refractivity contribution >= 4 is 11.8 Å². The average molecular weight is 302 g/mol. The number of halogens is 1. The zero-order valence-electron chi connectivity index (χ0n) is 11.9. The summed E-state index contributed by atoms with van der Waals surface area (Å²) in [4.78, 5) is 23.3. The van der Waals surface area contributed by atoms with Crippen molar-refractivity contribution in [3.8, 4) is 5.75 Å². The second kappa shape index (κ2) is 7.21. The maximum atomic E-state index is 13.4. The molecule has 0 unspecified atom stereocenters. The summed E-state index contributed by atoms with van der Waals surface area (Å²) < 4.78 is 18.6. The van der Waals surface area contributed by atoms with Crippen molar-refractivity contribution in [3.05, 3.63) is 65.5 Å². The Morgan fingerprint density at radius 1 is 1.09 bits per heavy atom. The van der Waals surface area contributed by atoms with Crippen LogP contribution in [0.2, 0.25) is 0 Å². The summed E-state index contributed by atoms with van der Waals surface area (Å²) in [5.74, 6) is -1.39. The summed E-state index contributed by atoms with van der Waals surface area (Å²) in [5, 5.41) is 0. The largest absolute Gasteiger partial charge is 0.484 e. The molecule has 0 spiro atoms. The number of aryl methyl sites for hydroxylation is 1. The van der Waals surface area contributed by atoms with Gasteiger partial charge in [0.05, 0.1) is 5.56 Å². The maximum Gasteiger partial charge on any atom is 0.276 e. The van der Waals surface area contributed by atoms with Crippen LogP contribution >= 0.6 is 0 Å². The van der Waals surface area contributed by atoms with Crippen LogP contribution in [0, 0.1) is 12.7 Å². The molecule has 0 radical (unpaired) electrons. The molecule has 2 aromatic rings. The van der Waals surface area contributed by atoms with Crippen molar-refractivity contribution in [1.82, 2.24) is 10.9 Å². The van der Waals surface area contributed by atoms with Crippen LogP contribution in [0.5, 0.6) is 5.75 Å². The lowest BCUT2D eigenvalue weighted by atomic mass is 10.2. The molecule has 0 aromatic heterocycles. The maximum absolute atomic E-state index is 13.4. The van der Waals surface area contributed by atoms with Gasteiger partial charge in [-0.2, -0.15) is 0 Å². The number of hydrazine groups is 1. The number of hydrogen-bond acceptors (Lipinski definition) is 3. The van der Waals surface area contributed by atoms with Crippen LogP contribution in [-0.4, -0.2) is 18.4 Å². The van der Waals surface area contributed by atoms with Crippen molar-refractivity contribution in [1.29, 1.82) is 0 Å². The fourth-order valence-corrected chi connectivity index (χ4v) is 1.73. The van der Waals surface area contributed by atoms with E-state index in [1.54, 1.807) is 12.1 Å². The van der Waals surface area contributed by atoms with Crippen LogP contribution < -0.4 is 15.6 Å². The van der Waals surface area contributed by atoms with Crippen LogP contribution in [-0.2, 0) is 4.79 Å². The summed E-state index contributed by atoms with van der Waals surface area (Å²) in [6.45, 7) is 1.64. The van der Waals surface area contributed by atoms with Gasteiger partial charge >= 0.3 is 0 Å². The molecule has 0 heterocycles. The number of rotatable bonds is 4. The summed E-state index contributed by atoms with van der Waals surface area (Å²) in [6, 6.07) is 12.7. The lowest BCUT2D eigenvalue weighted by Gasteiger charge is -2.09. The molecule has 0 aliphatic rings. The molecular formula is C16H15FN2O3. The first-order valence-corrected chi connectivity index (χ1v) is 6.59. The van der Waals surface area contributed by atoms with Gasteiger partial charge in [0.2, 0.25) is 0 Å². The number of carbonyl (C=O) groups excluding carboxylic acids is 2. The molecule has 2 amide bonds. The molecule has 0 fully saturated rings. The quantitative estimate of drug-likeness (QED) is 0.849. The van der Waals surface area contributed by atoms with Crippen LogP contribution in [0.25, 0.3) is 0 Å².